The number of rotatable bonds is 1. The van der Waals surface area contributed by atoms with Crippen LogP contribution in [0.5, 0.6) is 11.5 Å². The van der Waals surface area contributed by atoms with Crippen LogP contribution in [-0.4, -0.2) is 16.8 Å². The van der Waals surface area contributed by atoms with Gasteiger partial charge in [-0.05, 0) is 31.5 Å². The van der Waals surface area contributed by atoms with E-state index in [2.05, 4.69) is 5.32 Å². The lowest BCUT2D eigenvalue weighted by molar-refractivity contribution is 0.423. The summed E-state index contributed by atoms with van der Waals surface area (Å²) in [4.78, 5) is 0. The Morgan fingerprint density at radius 3 is 2.46 bits per heavy atom. The number of hydrogen-bond donors (Lipinski definition) is 3. The average molecular weight is 179 g/mol. The van der Waals surface area contributed by atoms with E-state index in [0.29, 0.717) is 5.56 Å². The minimum absolute atomic E-state index is 0.112. The van der Waals surface area contributed by atoms with E-state index in [1.165, 1.54) is 0 Å². The molecule has 0 bridgehead atoms. The molecule has 13 heavy (non-hydrogen) atoms. The van der Waals surface area contributed by atoms with Gasteiger partial charge in [0.05, 0.1) is 5.56 Å². The van der Waals surface area contributed by atoms with E-state index in [1.807, 2.05) is 0 Å². The standard InChI is InChI=1S/C10H13NO2/c12-8-4-1-5-9(13)10(8)7-3-2-6-11-7/h1,4-5,7,11-13H,2-3,6H2/t7-/m1/s1. The minimum Gasteiger partial charge on any atom is -0.507 e. The molecule has 0 aliphatic carbocycles. The monoisotopic (exact) mass is 179 g/mol. The SMILES string of the molecule is Oc1cccc(O)c1[C@H]1CCCN1. The summed E-state index contributed by atoms with van der Waals surface area (Å²) in [5.74, 6) is 0.360. The Morgan fingerprint density at radius 2 is 1.92 bits per heavy atom. The molecule has 1 atom stereocenters. The highest BCUT2D eigenvalue weighted by Crippen LogP contribution is 2.36. The third-order valence-electron chi connectivity index (χ3n) is 2.47. The van der Waals surface area contributed by atoms with Crippen LogP contribution in [-0.2, 0) is 0 Å². The van der Waals surface area contributed by atoms with Crippen LogP contribution in [0.15, 0.2) is 18.2 Å². The van der Waals surface area contributed by atoms with E-state index >= 15 is 0 Å². The minimum atomic E-state index is 0.112. The number of phenolic OH excluding ortho intramolecular Hbond substituents is 2. The van der Waals surface area contributed by atoms with E-state index in [4.69, 9.17) is 0 Å². The summed E-state index contributed by atoms with van der Waals surface area (Å²) in [6.45, 7) is 0.957. The fourth-order valence-corrected chi connectivity index (χ4v) is 1.83. The van der Waals surface area contributed by atoms with Gasteiger partial charge in [-0.2, -0.15) is 0 Å². The maximum atomic E-state index is 9.55. The Labute approximate surface area is 77.0 Å². The second-order valence-corrected chi connectivity index (χ2v) is 3.36. The van der Waals surface area contributed by atoms with Gasteiger partial charge >= 0.3 is 0 Å². The maximum absolute atomic E-state index is 9.55. The van der Waals surface area contributed by atoms with E-state index in [0.717, 1.165) is 19.4 Å². The van der Waals surface area contributed by atoms with Crippen molar-refractivity contribution in [1.29, 1.82) is 0 Å². The largest absolute Gasteiger partial charge is 0.507 e. The van der Waals surface area contributed by atoms with Crippen molar-refractivity contribution in [1.82, 2.24) is 5.32 Å². The van der Waals surface area contributed by atoms with Crippen molar-refractivity contribution in [2.24, 2.45) is 0 Å². The van der Waals surface area contributed by atoms with E-state index in [9.17, 15) is 10.2 Å². The fourth-order valence-electron chi connectivity index (χ4n) is 1.83. The van der Waals surface area contributed by atoms with E-state index in [-0.39, 0.29) is 17.5 Å². The molecule has 1 saturated heterocycles. The number of nitrogens with one attached hydrogen (secondary N) is 1. The van der Waals surface area contributed by atoms with Crippen LogP contribution in [0.25, 0.3) is 0 Å². The van der Waals surface area contributed by atoms with Gasteiger partial charge in [0.2, 0.25) is 0 Å². The molecule has 0 spiro atoms. The van der Waals surface area contributed by atoms with Gasteiger partial charge in [0, 0.05) is 6.04 Å². The van der Waals surface area contributed by atoms with Crippen LogP contribution in [0, 0.1) is 0 Å². The zero-order valence-electron chi connectivity index (χ0n) is 7.33. The summed E-state index contributed by atoms with van der Waals surface area (Å²) in [5, 5.41) is 22.3. The molecule has 1 aromatic carbocycles. The Hall–Kier alpha value is -1.22. The lowest BCUT2D eigenvalue weighted by atomic mass is 10.0. The summed E-state index contributed by atoms with van der Waals surface area (Å²) in [5.41, 5.74) is 0.639. The molecule has 0 aromatic heterocycles. The first-order valence-corrected chi connectivity index (χ1v) is 4.53. The van der Waals surface area contributed by atoms with Crippen molar-refractivity contribution in [3.8, 4) is 11.5 Å². The predicted octanol–water partition coefficient (Wildman–Crippen LogP) is 1.52. The maximum Gasteiger partial charge on any atom is 0.124 e. The first-order chi connectivity index (χ1) is 6.29. The zero-order valence-corrected chi connectivity index (χ0v) is 7.33. The highest BCUT2D eigenvalue weighted by atomic mass is 16.3. The van der Waals surface area contributed by atoms with Crippen LogP contribution in [0.1, 0.15) is 24.4 Å². The first kappa shape index (κ1) is 8.38. The molecular weight excluding hydrogens is 166 g/mol. The second-order valence-electron chi connectivity index (χ2n) is 3.36. The van der Waals surface area contributed by atoms with Crippen molar-refractivity contribution in [3.63, 3.8) is 0 Å². The van der Waals surface area contributed by atoms with Crippen LogP contribution in [0.4, 0.5) is 0 Å². The van der Waals surface area contributed by atoms with E-state index < -0.39 is 0 Å². The van der Waals surface area contributed by atoms with Gasteiger partial charge in [0.15, 0.2) is 0 Å². The highest BCUT2D eigenvalue weighted by Gasteiger charge is 2.21. The molecule has 3 nitrogen and oxygen atoms in total. The molecule has 2 rings (SSSR count). The molecular formula is C10H13NO2. The Balaban J connectivity index is 2.37. The molecule has 0 unspecified atom stereocenters. The van der Waals surface area contributed by atoms with Gasteiger partial charge in [-0.15, -0.1) is 0 Å². The summed E-state index contributed by atoms with van der Waals surface area (Å²) in [6.07, 6.45) is 2.07. The van der Waals surface area contributed by atoms with Crippen LogP contribution < -0.4 is 5.32 Å². The third-order valence-corrected chi connectivity index (χ3v) is 2.47. The molecule has 3 N–H and O–H groups in total. The summed E-state index contributed by atoms with van der Waals surface area (Å²) in [7, 11) is 0. The number of phenols is 2. The van der Waals surface area contributed by atoms with Crippen molar-refractivity contribution in [2.45, 2.75) is 18.9 Å². The fraction of sp³-hybridized carbons (Fsp3) is 0.400. The predicted molar refractivity (Wildman–Crippen MR) is 49.7 cm³/mol. The van der Waals surface area contributed by atoms with Gasteiger partial charge in [-0.3, -0.25) is 0 Å². The van der Waals surface area contributed by atoms with Crippen molar-refractivity contribution >= 4 is 0 Å². The number of benzene rings is 1. The molecule has 70 valence electrons. The zero-order chi connectivity index (χ0) is 9.26. The van der Waals surface area contributed by atoms with Gasteiger partial charge < -0.3 is 15.5 Å². The smallest absolute Gasteiger partial charge is 0.124 e. The van der Waals surface area contributed by atoms with Crippen molar-refractivity contribution in [3.05, 3.63) is 23.8 Å². The second kappa shape index (κ2) is 3.26. The molecule has 1 heterocycles. The van der Waals surface area contributed by atoms with Crippen LogP contribution in [0.3, 0.4) is 0 Å². The van der Waals surface area contributed by atoms with E-state index in [1.54, 1.807) is 18.2 Å². The van der Waals surface area contributed by atoms with Gasteiger partial charge in [0.25, 0.3) is 0 Å². The average Bonchev–Trinajstić information content (AvgIpc) is 2.57. The Kier molecular flexibility index (Phi) is 2.10. The number of aromatic hydroxyl groups is 2. The first-order valence-electron chi connectivity index (χ1n) is 4.53. The normalized spacial score (nSPS) is 22.0. The molecule has 0 amide bonds. The van der Waals surface area contributed by atoms with Gasteiger partial charge in [-0.25, -0.2) is 0 Å². The molecule has 1 aliphatic heterocycles. The molecule has 1 aliphatic rings. The summed E-state index contributed by atoms with van der Waals surface area (Å²) >= 11 is 0. The molecule has 0 saturated carbocycles. The molecule has 1 fully saturated rings. The summed E-state index contributed by atoms with van der Waals surface area (Å²) < 4.78 is 0. The lowest BCUT2D eigenvalue weighted by Crippen LogP contribution is -2.13. The van der Waals surface area contributed by atoms with Crippen molar-refractivity contribution in [2.75, 3.05) is 6.54 Å². The Morgan fingerprint density at radius 1 is 1.23 bits per heavy atom. The molecule has 0 radical (unpaired) electrons. The Bertz CT molecular complexity index is 286. The highest BCUT2D eigenvalue weighted by molar-refractivity contribution is 5.45. The lowest BCUT2D eigenvalue weighted by Gasteiger charge is -2.13. The summed E-state index contributed by atoms with van der Waals surface area (Å²) in [6, 6.07) is 4.97. The third kappa shape index (κ3) is 1.47. The van der Waals surface area contributed by atoms with Gasteiger partial charge in [0.1, 0.15) is 11.5 Å². The van der Waals surface area contributed by atoms with Crippen LogP contribution >= 0.6 is 0 Å². The topological polar surface area (TPSA) is 52.5 Å². The molecule has 1 aromatic rings. The molecule has 3 heteroatoms. The quantitative estimate of drug-likeness (QED) is 0.612. The van der Waals surface area contributed by atoms with Crippen LogP contribution in [0.2, 0.25) is 0 Å². The number of hydrogen-bond acceptors (Lipinski definition) is 3. The van der Waals surface area contributed by atoms with Gasteiger partial charge in [-0.1, -0.05) is 6.07 Å². The van der Waals surface area contributed by atoms with Crippen molar-refractivity contribution < 1.29 is 10.2 Å².